The lowest BCUT2D eigenvalue weighted by atomic mass is 10.1. The van der Waals surface area contributed by atoms with Crippen molar-refractivity contribution in [1.82, 2.24) is 0 Å². The maximum atomic E-state index is 10.8. The van der Waals surface area contributed by atoms with E-state index in [0.717, 1.165) is 10.3 Å². The largest absolute Gasteiger partial charge is 0.619 e. The van der Waals surface area contributed by atoms with E-state index in [9.17, 15) is 5.21 Å². The Morgan fingerprint density at radius 3 is 2.31 bits per heavy atom. The molecule has 0 fully saturated rings. The van der Waals surface area contributed by atoms with Gasteiger partial charge in [0.05, 0.1) is 0 Å². The molecule has 1 atom stereocenters. The molecule has 0 saturated heterocycles. The van der Waals surface area contributed by atoms with Gasteiger partial charge in [0.1, 0.15) is 11.9 Å². The smallest absolute Gasteiger partial charge is 0.184 e. The van der Waals surface area contributed by atoms with Crippen LogP contribution in [0, 0.1) is 5.21 Å². The summed E-state index contributed by atoms with van der Waals surface area (Å²) in [6, 6.07) is 13.3. The highest BCUT2D eigenvalue weighted by Crippen LogP contribution is 2.19. The summed E-state index contributed by atoms with van der Waals surface area (Å²) in [7, 11) is 0. The molecule has 0 radical (unpaired) electrons. The summed E-state index contributed by atoms with van der Waals surface area (Å²) >= 11 is 0. The van der Waals surface area contributed by atoms with Gasteiger partial charge in [-0.15, -0.1) is 0 Å². The van der Waals surface area contributed by atoms with E-state index in [1.165, 1.54) is 12.4 Å². The Balaban J connectivity index is 2.08. The van der Waals surface area contributed by atoms with Crippen LogP contribution in [0.5, 0.6) is 5.75 Å². The van der Waals surface area contributed by atoms with Crippen LogP contribution < -0.4 is 9.47 Å². The van der Waals surface area contributed by atoms with Crippen LogP contribution in [0.25, 0.3) is 0 Å². The minimum Gasteiger partial charge on any atom is -0.619 e. The van der Waals surface area contributed by atoms with Crippen LogP contribution in [0.15, 0.2) is 54.9 Å². The Kier molecular flexibility index (Phi) is 3.05. The summed E-state index contributed by atoms with van der Waals surface area (Å²) in [6.07, 6.45) is 2.82. The molecule has 3 heteroatoms. The number of benzene rings is 1. The van der Waals surface area contributed by atoms with E-state index < -0.39 is 0 Å². The summed E-state index contributed by atoms with van der Waals surface area (Å²) in [4.78, 5) is 0. The van der Waals surface area contributed by atoms with E-state index in [1.54, 1.807) is 12.1 Å². The fourth-order valence-electron chi connectivity index (χ4n) is 1.47. The van der Waals surface area contributed by atoms with Gasteiger partial charge in [0.25, 0.3) is 0 Å². The van der Waals surface area contributed by atoms with Crippen LogP contribution in [-0.2, 0) is 0 Å². The molecule has 0 aliphatic heterocycles. The van der Waals surface area contributed by atoms with Crippen molar-refractivity contribution in [2.24, 2.45) is 0 Å². The van der Waals surface area contributed by atoms with E-state index in [-0.39, 0.29) is 6.10 Å². The Morgan fingerprint density at radius 1 is 1.06 bits per heavy atom. The molecule has 0 aliphatic rings. The zero-order valence-electron chi connectivity index (χ0n) is 9.04. The lowest BCUT2D eigenvalue weighted by molar-refractivity contribution is -0.605. The summed E-state index contributed by atoms with van der Waals surface area (Å²) in [6.45, 7) is 1.98. The van der Waals surface area contributed by atoms with Gasteiger partial charge >= 0.3 is 0 Å². The number of nitrogens with zero attached hydrogens (tertiary/aromatic N) is 1. The Morgan fingerprint density at radius 2 is 1.69 bits per heavy atom. The number of ether oxygens (including phenoxy) is 1. The van der Waals surface area contributed by atoms with Crippen LogP contribution in [-0.4, -0.2) is 0 Å². The minimum atomic E-state index is -0.0243. The maximum Gasteiger partial charge on any atom is 0.184 e. The van der Waals surface area contributed by atoms with Crippen LogP contribution in [0.2, 0.25) is 0 Å². The Labute approximate surface area is 94.5 Å². The third kappa shape index (κ3) is 2.51. The van der Waals surface area contributed by atoms with Gasteiger partial charge in [-0.3, -0.25) is 0 Å². The second-order valence-corrected chi connectivity index (χ2v) is 3.56. The molecular formula is C13H13NO2. The average Bonchev–Trinajstić information content (AvgIpc) is 2.33. The van der Waals surface area contributed by atoms with Crippen molar-refractivity contribution in [3.05, 3.63) is 65.6 Å². The quantitative estimate of drug-likeness (QED) is 0.582. The first-order valence-electron chi connectivity index (χ1n) is 5.16. The number of hydrogen-bond donors (Lipinski definition) is 0. The Bertz CT molecular complexity index is 439. The fourth-order valence-corrected chi connectivity index (χ4v) is 1.47. The first-order valence-corrected chi connectivity index (χ1v) is 5.16. The van der Waals surface area contributed by atoms with Gasteiger partial charge in [0.15, 0.2) is 12.4 Å². The molecular weight excluding hydrogens is 202 g/mol. The summed E-state index contributed by atoms with van der Waals surface area (Å²) < 4.78 is 6.44. The van der Waals surface area contributed by atoms with Crippen molar-refractivity contribution in [3.8, 4) is 5.75 Å². The molecule has 0 amide bonds. The van der Waals surface area contributed by atoms with Crippen LogP contribution >= 0.6 is 0 Å². The maximum absolute atomic E-state index is 10.8. The van der Waals surface area contributed by atoms with Crippen molar-refractivity contribution >= 4 is 0 Å². The predicted molar refractivity (Wildman–Crippen MR) is 60.9 cm³/mol. The normalized spacial score (nSPS) is 12.1. The molecule has 16 heavy (non-hydrogen) atoms. The summed E-state index contributed by atoms with van der Waals surface area (Å²) in [5.41, 5.74) is 1.11. The third-order valence-electron chi connectivity index (χ3n) is 2.35. The van der Waals surface area contributed by atoms with E-state index >= 15 is 0 Å². The van der Waals surface area contributed by atoms with E-state index in [0.29, 0.717) is 5.75 Å². The van der Waals surface area contributed by atoms with Crippen molar-refractivity contribution in [3.63, 3.8) is 0 Å². The molecule has 3 nitrogen and oxygen atoms in total. The standard InChI is InChI=1S/C13H13NO2/c1-11(12-5-3-2-4-6-12)16-13-7-9-14(15)10-8-13/h2-11H,1H3/t11-/m0/s1. The van der Waals surface area contributed by atoms with Crippen molar-refractivity contribution < 1.29 is 9.47 Å². The first-order chi connectivity index (χ1) is 7.75. The second-order valence-electron chi connectivity index (χ2n) is 3.56. The molecule has 0 aliphatic carbocycles. The molecule has 0 spiro atoms. The number of rotatable bonds is 3. The van der Waals surface area contributed by atoms with Crippen molar-refractivity contribution in [1.29, 1.82) is 0 Å². The monoisotopic (exact) mass is 215 g/mol. The van der Waals surface area contributed by atoms with Gasteiger partial charge < -0.3 is 9.94 Å². The van der Waals surface area contributed by atoms with Gasteiger partial charge in [0.2, 0.25) is 0 Å². The predicted octanol–water partition coefficient (Wildman–Crippen LogP) is 2.46. The average molecular weight is 215 g/mol. The van der Waals surface area contributed by atoms with Crippen molar-refractivity contribution in [2.45, 2.75) is 13.0 Å². The van der Waals surface area contributed by atoms with Crippen LogP contribution in [0.1, 0.15) is 18.6 Å². The van der Waals surface area contributed by atoms with Crippen molar-refractivity contribution in [2.75, 3.05) is 0 Å². The fraction of sp³-hybridized carbons (Fsp3) is 0.154. The topological polar surface area (TPSA) is 36.2 Å². The van der Waals surface area contributed by atoms with Gasteiger partial charge in [-0.05, 0) is 12.5 Å². The van der Waals surface area contributed by atoms with E-state index in [1.807, 2.05) is 37.3 Å². The zero-order chi connectivity index (χ0) is 11.4. The molecule has 1 heterocycles. The van der Waals surface area contributed by atoms with Gasteiger partial charge in [-0.1, -0.05) is 30.3 Å². The molecule has 82 valence electrons. The second kappa shape index (κ2) is 4.66. The lowest BCUT2D eigenvalue weighted by Crippen LogP contribution is -2.23. The van der Waals surface area contributed by atoms with Gasteiger partial charge in [-0.25, -0.2) is 0 Å². The van der Waals surface area contributed by atoms with Crippen LogP contribution in [0.4, 0.5) is 0 Å². The third-order valence-corrected chi connectivity index (χ3v) is 2.35. The zero-order valence-corrected chi connectivity index (χ0v) is 9.04. The van der Waals surface area contributed by atoms with E-state index in [4.69, 9.17) is 4.74 Å². The number of hydrogen-bond acceptors (Lipinski definition) is 2. The molecule has 1 aromatic heterocycles. The number of aromatic nitrogens is 1. The summed E-state index contributed by atoms with van der Waals surface area (Å²) in [5.74, 6) is 0.698. The molecule has 2 rings (SSSR count). The Hall–Kier alpha value is -2.03. The molecule has 0 bridgehead atoms. The highest BCUT2D eigenvalue weighted by molar-refractivity contribution is 5.21. The SMILES string of the molecule is C[C@H](Oc1cc[n+]([O-])cc1)c1ccccc1. The van der Waals surface area contributed by atoms with Gasteiger partial charge in [0, 0.05) is 12.1 Å². The highest BCUT2D eigenvalue weighted by Gasteiger charge is 2.06. The molecule has 0 unspecified atom stereocenters. The minimum absolute atomic E-state index is 0.0243. The molecule has 0 N–H and O–H groups in total. The lowest BCUT2D eigenvalue weighted by Gasteiger charge is -2.14. The molecule has 0 saturated carbocycles. The molecule has 1 aromatic carbocycles. The van der Waals surface area contributed by atoms with E-state index in [2.05, 4.69) is 0 Å². The highest BCUT2D eigenvalue weighted by atomic mass is 16.5. The molecule has 2 aromatic rings. The number of pyridine rings is 1. The first kappa shape index (κ1) is 10.5. The summed E-state index contributed by atoms with van der Waals surface area (Å²) in [5, 5.41) is 10.8. The van der Waals surface area contributed by atoms with Crippen LogP contribution in [0.3, 0.4) is 0 Å². The van der Waals surface area contributed by atoms with Gasteiger partial charge in [-0.2, -0.15) is 4.73 Å².